The molecular weight excluding hydrogens is 369 g/mol. The molecule has 1 saturated heterocycles. The Balaban J connectivity index is 1.50. The van der Waals surface area contributed by atoms with E-state index >= 15 is 0 Å². The zero-order chi connectivity index (χ0) is 18.8. The van der Waals surface area contributed by atoms with Crippen molar-refractivity contribution in [2.45, 2.75) is 6.10 Å². The fourth-order valence-corrected chi connectivity index (χ4v) is 3.27. The molecule has 2 aromatic carbocycles. The highest BCUT2D eigenvalue weighted by molar-refractivity contribution is 6.30. The maximum Gasteiger partial charge on any atom is 0.257 e. The number of amides is 1. The number of ether oxygens (including phenoxy) is 1. The lowest BCUT2D eigenvalue weighted by atomic mass is 10.1. The average Bonchev–Trinajstić information content (AvgIpc) is 3.18. The quantitative estimate of drug-likeness (QED) is 0.687. The second-order valence-corrected chi connectivity index (χ2v) is 6.75. The smallest absolute Gasteiger partial charge is 0.257 e. The number of morpholine rings is 1. The van der Waals surface area contributed by atoms with E-state index in [4.69, 9.17) is 16.3 Å². The van der Waals surface area contributed by atoms with Crippen LogP contribution in [0.3, 0.4) is 0 Å². The number of nitrogens with zero attached hydrogens (tertiary/aromatic N) is 3. The molecule has 5 nitrogen and oxygen atoms in total. The first-order chi connectivity index (χ1) is 13.1. The summed E-state index contributed by atoms with van der Waals surface area (Å²) in [4.78, 5) is 14.6. The Hall–Kier alpha value is -2.70. The number of carbonyl (C=O) groups excluding carboxylic acids is 1. The Morgan fingerprint density at radius 1 is 1.22 bits per heavy atom. The molecule has 1 aliphatic rings. The summed E-state index contributed by atoms with van der Waals surface area (Å²) in [6, 6.07) is 13.4. The second kappa shape index (κ2) is 7.50. The minimum Gasteiger partial charge on any atom is -0.370 e. The van der Waals surface area contributed by atoms with Gasteiger partial charge in [-0.25, -0.2) is 9.07 Å². The summed E-state index contributed by atoms with van der Waals surface area (Å²) in [5.74, 6) is -0.408. The molecular formula is C20H17ClFN3O2. The van der Waals surface area contributed by atoms with E-state index in [1.807, 2.05) is 12.1 Å². The lowest BCUT2D eigenvalue weighted by molar-refractivity contribution is -0.0228. The van der Waals surface area contributed by atoms with Gasteiger partial charge in [0.2, 0.25) is 0 Å². The summed E-state index contributed by atoms with van der Waals surface area (Å²) in [5, 5.41) is 4.87. The van der Waals surface area contributed by atoms with Crippen molar-refractivity contribution in [2.75, 3.05) is 19.7 Å². The zero-order valence-corrected chi connectivity index (χ0v) is 15.1. The van der Waals surface area contributed by atoms with Crippen LogP contribution in [0.1, 0.15) is 22.0 Å². The van der Waals surface area contributed by atoms with E-state index in [-0.39, 0.29) is 17.8 Å². The van der Waals surface area contributed by atoms with Gasteiger partial charge in [0.25, 0.3) is 5.91 Å². The molecule has 0 bridgehead atoms. The van der Waals surface area contributed by atoms with Gasteiger partial charge in [0.05, 0.1) is 30.6 Å². The molecule has 1 aliphatic heterocycles. The van der Waals surface area contributed by atoms with Crippen molar-refractivity contribution in [3.63, 3.8) is 0 Å². The highest BCUT2D eigenvalue weighted by Crippen LogP contribution is 2.24. The first-order valence-corrected chi connectivity index (χ1v) is 8.95. The maximum absolute atomic E-state index is 13.1. The molecule has 0 spiro atoms. The number of hydrogen-bond donors (Lipinski definition) is 0. The van der Waals surface area contributed by atoms with E-state index in [0.717, 1.165) is 11.3 Å². The second-order valence-electron chi connectivity index (χ2n) is 6.32. The largest absolute Gasteiger partial charge is 0.370 e. The number of halogens is 2. The molecule has 3 aromatic rings. The molecule has 4 rings (SSSR count). The van der Waals surface area contributed by atoms with Crippen molar-refractivity contribution >= 4 is 17.5 Å². The molecule has 2 heterocycles. The van der Waals surface area contributed by atoms with Crippen molar-refractivity contribution in [2.24, 2.45) is 0 Å². The van der Waals surface area contributed by atoms with Crippen LogP contribution in [0.2, 0.25) is 5.02 Å². The molecule has 1 unspecified atom stereocenters. The van der Waals surface area contributed by atoms with Crippen LogP contribution in [0.15, 0.2) is 60.9 Å². The van der Waals surface area contributed by atoms with Crippen molar-refractivity contribution < 1.29 is 13.9 Å². The van der Waals surface area contributed by atoms with Gasteiger partial charge in [0.1, 0.15) is 11.9 Å². The first kappa shape index (κ1) is 17.7. The van der Waals surface area contributed by atoms with Crippen molar-refractivity contribution in [3.05, 3.63) is 82.9 Å². The number of benzene rings is 2. The van der Waals surface area contributed by atoms with Crippen LogP contribution >= 0.6 is 11.6 Å². The van der Waals surface area contributed by atoms with Crippen molar-refractivity contribution in [3.8, 4) is 5.69 Å². The van der Waals surface area contributed by atoms with Gasteiger partial charge in [0.15, 0.2) is 0 Å². The van der Waals surface area contributed by atoms with Crippen LogP contribution in [0, 0.1) is 5.82 Å². The van der Waals surface area contributed by atoms with E-state index in [9.17, 15) is 9.18 Å². The van der Waals surface area contributed by atoms with Gasteiger partial charge in [0, 0.05) is 17.8 Å². The van der Waals surface area contributed by atoms with Gasteiger partial charge in [-0.05, 0) is 35.9 Å². The molecule has 0 saturated carbocycles. The van der Waals surface area contributed by atoms with Gasteiger partial charge >= 0.3 is 0 Å². The van der Waals surface area contributed by atoms with Crippen LogP contribution in [-0.4, -0.2) is 40.3 Å². The van der Waals surface area contributed by atoms with E-state index in [1.54, 1.807) is 46.2 Å². The summed E-state index contributed by atoms with van der Waals surface area (Å²) in [6.45, 7) is 1.34. The first-order valence-electron chi connectivity index (χ1n) is 8.57. The lowest BCUT2D eigenvalue weighted by Gasteiger charge is -2.33. The summed E-state index contributed by atoms with van der Waals surface area (Å²) in [6.07, 6.45) is 2.97. The normalized spacial score (nSPS) is 17.1. The van der Waals surface area contributed by atoms with Gasteiger partial charge < -0.3 is 9.64 Å². The van der Waals surface area contributed by atoms with E-state index < -0.39 is 0 Å². The molecule has 0 radical (unpaired) electrons. The standard InChI is InChI=1S/C20H17ClFN3O2/c21-16-2-1-3-18(10-16)25-12-15(11-23-25)20(26)24-8-9-27-19(13-24)14-4-6-17(22)7-5-14/h1-7,10-12,19H,8-9,13H2. The molecule has 1 aromatic heterocycles. The molecule has 27 heavy (non-hydrogen) atoms. The van der Waals surface area contributed by atoms with Crippen molar-refractivity contribution in [1.29, 1.82) is 0 Å². The average molecular weight is 386 g/mol. The molecule has 7 heteroatoms. The molecule has 1 atom stereocenters. The molecule has 0 aliphatic carbocycles. The van der Waals surface area contributed by atoms with Crippen molar-refractivity contribution in [1.82, 2.24) is 14.7 Å². The zero-order valence-electron chi connectivity index (χ0n) is 14.4. The Morgan fingerprint density at radius 2 is 2.04 bits per heavy atom. The predicted molar refractivity (Wildman–Crippen MR) is 99.6 cm³/mol. The van der Waals surface area contributed by atoms with Gasteiger partial charge in [-0.1, -0.05) is 29.8 Å². The van der Waals surface area contributed by atoms with E-state index in [1.165, 1.54) is 12.1 Å². The third-order valence-corrected chi connectivity index (χ3v) is 4.73. The van der Waals surface area contributed by atoms with E-state index in [0.29, 0.717) is 30.3 Å². The Labute approximate surface area is 160 Å². The van der Waals surface area contributed by atoms with Gasteiger partial charge in [-0.3, -0.25) is 4.79 Å². The maximum atomic E-state index is 13.1. The number of aromatic nitrogens is 2. The monoisotopic (exact) mass is 385 g/mol. The van der Waals surface area contributed by atoms with Gasteiger partial charge in [-0.2, -0.15) is 5.10 Å². The Kier molecular flexibility index (Phi) is 4.92. The minimum absolute atomic E-state index is 0.112. The van der Waals surface area contributed by atoms with Crippen LogP contribution in [0.5, 0.6) is 0 Å². The van der Waals surface area contributed by atoms with Gasteiger partial charge in [-0.15, -0.1) is 0 Å². The molecule has 138 valence electrons. The summed E-state index contributed by atoms with van der Waals surface area (Å²) < 4.78 is 20.5. The third-order valence-electron chi connectivity index (χ3n) is 4.50. The third kappa shape index (κ3) is 3.86. The fourth-order valence-electron chi connectivity index (χ4n) is 3.09. The topological polar surface area (TPSA) is 47.4 Å². The number of hydrogen-bond acceptors (Lipinski definition) is 3. The fraction of sp³-hybridized carbons (Fsp3) is 0.200. The molecule has 0 N–H and O–H groups in total. The number of carbonyl (C=O) groups is 1. The van der Waals surface area contributed by atoms with Crippen LogP contribution in [0.4, 0.5) is 4.39 Å². The number of rotatable bonds is 3. The Bertz CT molecular complexity index is 958. The Morgan fingerprint density at radius 3 is 2.81 bits per heavy atom. The lowest BCUT2D eigenvalue weighted by Crippen LogP contribution is -2.42. The molecule has 1 amide bonds. The van der Waals surface area contributed by atoms with Crippen LogP contribution in [-0.2, 0) is 4.74 Å². The van der Waals surface area contributed by atoms with E-state index in [2.05, 4.69) is 5.10 Å². The summed E-state index contributed by atoms with van der Waals surface area (Å²) >= 11 is 6.02. The van der Waals surface area contributed by atoms with Crippen LogP contribution in [0.25, 0.3) is 5.69 Å². The minimum atomic E-state index is -0.295. The SMILES string of the molecule is O=C(c1cnn(-c2cccc(Cl)c2)c1)N1CCOC(c2ccc(F)cc2)C1. The van der Waals surface area contributed by atoms with Crippen LogP contribution < -0.4 is 0 Å². The predicted octanol–water partition coefficient (Wildman–Crippen LogP) is 3.88. The summed E-state index contributed by atoms with van der Waals surface area (Å²) in [7, 11) is 0. The summed E-state index contributed by atoms with van der Waals surface area (Å²) in [5.41, 5.74) is 2.13. The highest BCUT2D eigenvalue weighted by Gasteiger charge is 2.27. The molecule has 1 fully saturated rings. The highest BCUT2D eigenvalue weighted by atomic mass is 35.5.